The predicted molar refractivity (Wildman–Crippen MR) is 98.8 cm³/mol. The van der Waals surface area contributed by atoms with Gasteiger partial charge >= 0.3 is 0 Å². The lowest BCUT2D eigenvalue weighted by molar-refractivity contribution is -0.139. The molecule has 2 aliphatic rings. The molecule has 2 atom stereocenters. The van der Waals surface area contributed by atoms with Crippen molar-refractivity contribution in [3.8, 4) is 0 Å². The van der Waals surface area contributed by atoms with E-state index in [-0.39, 0.29) is 36.1 Å². The monoisotopic (exact) mass is 364 g/mol. The van der Waals surface area contributed by atoms with Crippen molar-refractivity contribution in [1.29, 1.82) is 0 Å². The predicted octanol–water partition coefficient (Wildman–Crippen LogP) is 3.14. The number of fused-ring (bicyclic) bond motifs is 1. The van der Waals surface area contributed by atoms with Crippen molar-refractivity contribution in [1.82, 2.24) is 4.90 Å². The summed E-state index contributed by atoms with van der Waals surface area (Å²) in [6, 6.07) is 10.6. The van der Waals surface area contributed by atoms with Crippen molar-refractivity contribution in [2.24, 2.45) is 11.8 Å². The Morgan fingerprint density at radius 2 is 1.70 bits per heavy atom. The number of benzene rings is 1. The highest BCUT2D eigenvalue weighted by atomic mass is 16.3. The summed E-state index contributed by atoms with van der Waals surface area (Å²) >= 11 is 0. The van der Waals surface area contributed by atoms with Gasteiger partial charge in [-0.25, -0.2) is 0 Å². The number of amides is 3. The fraction of sp³-hybridized carbons (Fsp3) is 0.286. The van der Waals surface area contributed by atoms with Crippen LogP contribution >= 0.6 is 0 Å². The van der Waals surface area contributed by atoms with E-state index in [9.17, 15) is 14.4 Å². The molecule has 1 aliphatic carbocycles. The van der Waals surface area contributed by atoms with Gasteiger partial charge in [-0.3, -0.25) is 24.2 Å². The summed E-state index contributed by atoms with van der Waals surface area (Å²) in [5, 5.41) is 0. The van der Waals surface area contributed by atoms with Crippen molar-refractivity contribution < 1.29 is 18.8 Å². The Labute approximate surface area is 157 Å². The maximum atomic E-state index is 13.0. The van der Waals surface area contributed by atoms with E-state index in [1.54, 1.807) is 24.3 Å². The number of allylic oxidation sites excluding steroid dienone is 2. The Morgan fingerprint density at radius 1 is 1.07 bits per heavy atom. The van der Waals surface area contributed by atoms with E-state index < -0.39 is 5.91 Å². The Morgan fingerprint density at radius 3 is 2.26 bits per heavy atom. The fourth-order valence-corrected chi connectivity index (χ4v) is 3.67. The molecule has 1 aromatic carbocycles. The highest BCUT2D eigenvalue weighted by molar-refractivity contribution is 6.08. The number of imide groups is 1. The van der Waals surface area contributed by atoms with Crippen LogP contribution in [0.5, 0.6) is 0 Å². The minimum Gasteiger partial charge on any atom is -0.459 e. The molecular formula is C21H20N2O4. The number of nitrogens with zero attached hydrogens (tertiary/aromatic N) is 2. The van der Waals surface area contributed by atoms with Crippen LogP contribution in [0.15, 0.2) is 59.2 Å². The highest BCUT2D eigenvalue weighted by Gasteiger charge is 2.48. The summed E-state index contributed by atoms with van der Waals surface area (Å²) in [7, 11) is 0. The second-order valence-corrected chi connectivity index (χ2v) is 6.95. The third kappa shape index (κ3) is 3.07. The third-order valence-electron chi connectivity index (χ3n) is 5.20. The number of likely N-dealkylation sites (tertiary alicyclic amines) is 1. The molecule has 0 unspecified atom stereocenters. The lowest BCUT2D eigenvalue weighted by atomic mass is 9.85. The first-order valence-electron chi connectivity index (χ1n) is 8.98. The molecule has 1 fully saturated rings. The molecule has 6 nitrogen and oxygen atoms in total. The minimum atomic E-state index is -0.391. The number of carbonyl (C=O) groups excluding carboxylic acids is 3. The van der Waals surface area contributed by atoms with Gasteiger partial charge in [-0.15, -0.1) is 0 Å². The van der Waals surface area contributed by atoms with Gasteiger partial charge in [0.05, 0.1) is 18.1 Å². The van der Waals surface area contributed by atoms with Crippen LogP contribution in [0.25, 0.3) is 0 Å². The maximum Gasteiger partial charge on any atom is 0.295 e. The molecule has 6 heteroatoms. The maximum absolute atomic E-state index is 13.0. The normalized spacial score (nSPS) is 21.4. The van der Waals surface area contributed by atoms with Crippen LogP contribution in [0.1, 0.15) is 29.0 Å². The second kappa shape index (κ2) is 6.87. The number of aryl methyl sites for hydroxylation is 1. The molecule has 0 radical (unpaired) electrons. The largest absolute Gasteiger partial charge is 0.459 e. The fourth-order valence-electron chi connectivity index (χ4n) is 3.67. The summed E-state index contributed by atoms with van der Waals surface area (Å²) in [5.41, 5.74) is 1.66. The zero-order chi connectivity index (χ0) is 19.0. The third-order valence-corrected chi connectivity index (χ3v) is 5.20. The standard InChI is InChI=1S/C21H20N2O4/c1-14-8-10-15(11-9-14)22(21(26)18-7-4-12-27-18)13-23-19(24)16-5-2-3-6-17(16)20(23)25/h2-4,7-12,16-17H,5-6,13H2,1H3/t16-,17-/m0/s1. The molecule has 4 rings (SSSR count). The Kier molecular flexibility index (Phi) is 4.39. The summed E-state index contributed by atoms with van der Waals surface area (Å²) < 4.78 is 5.24. The van der Waals surface area contributed by atoms with Gasteiger partial charge in [-0.1, -0.05) is 29.8 Å². The lowest BCUT2D eigenvalue weighted by Crippen LogP contribution is -2.44. The molecule has 2 heterocycles. The van der Waals surface area contributed by atoms with Crippen LogP contribution in [0.3, 0.4) is 0 Å². The van der Waals surface area contributed by atoms with Gasteiger partial charge in [-0.05, 0) is 44.0 Å². The first-order valence-corrected chi connectivity index (χ1v) is 8.98. The molecule has 0 saturated carbocycles. The molecule has 1 aliphatic heterocycles. The van der Waals surface area contributed by atoms with E-state index in [0.717, 1.165) is 5.56 Å². The number of carbonyl (C=O) groups is 3. The highest BCUT2D eigenvalue weighted by Crippen LogP contribution is 2.35. The molecule has 1 saturated heterocycles. The van der Waals surface area contributed by atoms with Crippen molar-refractivity contribution in [2.45, 2.75) is 19.8 Å². The molecule has 138 valence electrons. The summed E-state index contributed by atoms with van der Waals surface area (Å²) in [6.45, 7) is 1.83. The topological polar surface area (TPSA) is 70.8 Å². The first kappa shape index (κ1) is 17.3. The zero-order valence-electron chi connectivity index (χ0n) is 15.0. The van der Waals surface area contributed by atoms with Crippen LogP contribution in [-0.2, 0) is 9.59 Å². The van der Waals surface area contributed by atoms with Gasteiger partial charge in [0.15, 0.2) is 5.76 Å². The Balaban J connectivity index is 1.65. The van der Waals surface area contributed by atoms with Gasteiger partial charge in [0.25, 0.3) is 5.91 Å². The van der Waals surface area contributed by atoms with Crippen molar-refractivity contribution in [3.63, 3.8) is 0 Å². The van der Waals surface area contributed by atoms with Crippen molar-refractivity contribution in [2.75, 3.05) is 11.6 Å². The Bertz CT molecular complexity index is 873. The molecule has 1 aromatic heterocycles. The SMILES string of the molecule is Cc1ccc(N(CN2C(=O)[C@H]3CC=CC[C@@H]3C2=O)C(=O)c2ccco2)cc1. The summed E-state index contributed by atoms with van der Waals surface area (Å²) in [4.78, 5) is 41.2. The van der Waals surface area contributed by atoms with Crippen LogP contribution in [0.4, 0.5) is 5.69 Å². The molecule has 0 bridgehead atoms. The van der Waals surface area contributed by atoms with Crippen LogP contribution < -0.4 is 4.90 Å². The number of hydrogen-bond donors (Lipinski definition) is 0. The van der Waals surface area contributed by atoms with E-state index in [0.29, 0.717) is 18.5 Å². The van der Waals surface area contributed by atoms with E-state index in [4.69, 9.17) is 4.42 Å². The van der Waals surface area contributed by atoms with E-state index in [1.165, 1.54) is 16.1 Å². The van der Waals surface area contributed by atoms with Crippen molar-refractivity contribution in [3.05, 3.63) is 66.1 Å². The summed E-state index contributed by atoms with van der Waals surface area (Å²) in [6.07, 6.45) is 6.46. The smallest absolute Gasteiger partial charge is 0.295 e. The van der Waals surface area contributed by atoms with Gasteiger partial charge < -0.3 is 4.42 Å². The van der Waals surface area contributed by atoms with Crippen LogP contribution in [0, 0.1) is 18.8 Å². The Hall–Kier alpha value is -3.15. The summed E-state index contributed by atoms with van der Waals surface area (Å²) in [5.74, 6) is -1.29. The molecular weight excluding hydrogens is 344 g/mol. The molecule has 0 spiro atoms. The average Bonchev–Trinajstić information content (AvgIpc) is 3.30. The molecule has 3 amide bonds. The second-order valence-electron chi connectivity index (χ2n) is 6.95. The molecule has 2 aromatic rings. The van der Waals surface area contributed by atoms with Crippen molar-refractivity contribution >= 4 is 23.4 Å². The van der Waals surface area contributed by atoms with E-state index in [2.05, 4.69) is 0 Å². The van der Waals surface area contributed by atoms with Crippen LogP contribution in [-0.4, -0.2) is 29.3 Å². The van der Waals surface area contributed by atoms with Crippen LogP contribution in [0.2, 0.25) is 0 Å². The lowest BCUT2D eigenvalue weighted by Gasteiger charge is -2.26. The molecule has 0 N–H and O–H groups in total. The quantitative estimate of drug-likeness (QED) is 0.617. The average molecular weight is 364 g/mol. The minimum absolute atomic E-state index is 0.118. The number of furan rings is 1. The first-order chi connectivity index (χ1) is 13.1. The number of hydrogen-bond acceptors (Lipinski definition) is 4. The van der Waals surface area contributed by atoms with Gasteiger partial charge in [-0.2, -0.15) is 0 Å². The van der Waals surface area contributed by atoms with Gasteiger partial charge in [0.2, 0.25) is 11.8 Å². The molecule has 27 heavy (non-hydrogen) atoms. The zero-order valence-corrected chi connectivity index (χ0v) is 15.0. The number of anilines is 1. The van der Waals surface area contributed by atoms with Gasteiger partial charge in [0.1, 0.15) is 6.67 Å². The van der Waals surface area contributed by atoms with Gasteiger partial charge in [0, 0.05) is 5.69 Å². The van der Waals surface area contributed by atoms with E-state index >= 15 is 0 Å². The number of rotatable bonds is 4. The van der Waals surface area contributed by atoms with E-state index in [1.807, 2.05) is 31.2 Å².